The number of hydrogen-bond donors (Lipinski definition) is 1. The van der Waals surface area contributed by atoms with Crippen molar-refractivity contribution < 1.29 is 9.59 Å². The number of aryl methyl sites for hydroxylation is 1. The molecule has 2 aliphatic rings. The van der Waals surface area contributed by atoms with Gasteiger partial charge in [0.05, 0.1) is 17.1 Å². The molecule has 1 fully saturated rings. The van der Waals surface area contributed by atoms with E-state index in [2.05, 4.69) is 42.3 Å². The summed E-state index contributed by atoms with van der Waals surface area (Å²) in [5.41, 5.74) is 4.78. The molecule has 1 unspecified atom stereocenters. The van der Waals surface area contributed by atoms with Crippen molar-refractivity contribution in [2.45, 2.75) is 44.6 Å². The number of piperidine rings is 1. The Morgan fingerprint density at radius 2 is 1.82 bits per heavy atom. The number of carbonyl (C=O) groups excluding carboxylic acids is 2. The molecule has 0 aliphatic carbocycles. The summed E-state index contributed by atoms with van der Waals surface area (Å²) in [5.74, 6) is 0.713. The van der Waals surface area contributed by atoms with E-state index in [-0.39, 0.29) is 11.8 Å². The lowest BCUT2D eigenvalue weighted by Gasteiger charge is -2.31. The lowest BCUT2D eigenvalue weighted by atomic mass is 10.0. The molecule has 0 saturated carbocycles. The van der Waals surface area contributed by atoms with E-state index in [9.17, 15) is 9.59 Å². The van der Waals surface area contributed by atoms with Crippen LogP contribution in [0, 0.1) is 12.8 Å². The van der Waals surface area contributed by atoms with Crippen LogP contribution in [0.15, 0.2) is 82.6 Å². The molecule has 0 bridgehead atoms. The highest BCUT2D eigenvalue weighted by atomic mass is 32.2. The van der Waals surface area contributed by atoms with Gasteiger partial charge in [-0.1, -0.05) is 67.2 Å². The molecule has 39 heavy (non-hydrogen) atoms. The maximum Gasteiger partial charge on any atom is 0.265 e. The molecule has 0 aromatic heterocycles. The standard InChI is InChI=1S/C33H37N3O2S/c1-24-9-7-19-35(22-24)20-8-18-34-32(37)27-16-14-26(15-17-27)21-31-33(38)36(23-28-11-4-3-10-25(28)2)29-12-5-6-13-30(29)39-31/h3-6,10-17,21,24H,7-9,18-20,22-23H2,1-2H3,(H,34,37)/b31-21+. The second-order valence-corrected chi connectivity index (χ2v) is 11.8. The first-order valence-electron chi connectivity index (χ1n) is 13.9. The van der Waals surface area contributed by atoms with E-state index in [0.717, 1.165) is 40.6 Å². The van der Waals surface area contributed by atoms with Crippen molar-refractivity contribution in [3.63, 3.8) is 0 Å². The molecule has 1 atom stereocenters. The van der Waals surface area contributed by atoms with Crippen molar-refractivity contribution in [1.29, 1.82) is 0 Å². The first-order valence-corrected chi connectivity index (χ1v) is 14.7. The summed E-state index contributed by atoms with van der Waals surface area (Å²) in [6, 6.07) is 23.7. The topological polar surface area (TPSA) is 52.7 Å². The number of hydrogen-bond acceptors (Lipinski definition) is 4. The maximum atomic E-state index is 13.6. The second-order valence-electron chi connectivity index (χ2n) is 10.7. The molecular formula is C33H37N3O2S. The van der Waals surface area contributed by atoms with Gasteiger partial charge in [-0.3, -0.25) is 9.59 Å². The summed E-state index contributed by atoms with van der Waals surface area (Å²) in [6.45, 7) is 8.97. The smallest absolute Gasteiger partial charge is 0.265 e. The summed E-state index contributed by atoms with van der Waals surface area (Å²) in [5, 5.41) is 3.06. The molecule has 0 spiro atoms. The highest BCUT2D eigenvalue weighted by Gasteiger charge is 2.29. The van der Waals surface area contributed by atoms with E-state index in [4.69, 9.17) is 0 Å². The van der Waals surface area contributed by atoms with Crippen LogP contribution in [-0.4, -0.2) is 42.9 Å². The Morgan fingerprint density at radius 3 is 2.62 bits per heavy atom. The average Bonchev–Trinajstić information content (AvgIpc) is 2.94. The number of nitrogens with zero attached hydrogens (tertiary/aromatic N) is 2. The van der Waals surface area contributed by atoms with Gasteiger partial charge in [-0.15, -0.1) is 0 Å². The number of anilines is 1. The number of amides is 2. The predicted molar refractivity (Wildman–Crippen MR) is 161 cm³/mol. The normalized spacial score (nSPS) is 18.7. The van der Waals surface area contributed by atoms with E-state index in [0.29, 0.717) is 23.6 Å². The van der Waals surface area contributed by atoms with Crippen LogP contribution < -0.4 is 10.2 Å². The van der Waals surface area contributed by atoms with E-state index in [1.165, 1.54) is 43.3 Å². The van der Waals surface area contributed by atoms with Gasteiger partial charge in [0, 0.05) is 23.5 Å². The quantitative estimate of drug-likeness (QED) is 0.261. The third-order valence-corrected chi connectivity index (χ3v) is 8.65. The summed E-state index contributed by atoms with van der Waals surface area (Å²) in [6.07, 6.45) is 5.49. The summed E-state index contributed by atoms with van der Waals surface area (Å²) >= 11 is 1.50. The third-order valence-electron chi connectivity index (χ3n) is 7.57. The van der Waals surface area contributed by atoms with Crippen LogP contribution in [0.25, 0.3) is 6.08 Å². The Morgan fingerprint density at radius 1 is 1.05 bits per heavy atom. The van der Waals surface area contributed by atoms with Crippen molar-refractivity contribution in [3.8, 4) is 0 Å². The molecule has 0 radical (unpaired) electrons. The minimum Gasteiger partial charge on any atom is -0.352 e. The summed E-state index contributed by atoms with van der Waals surface area (Å²) in [4.78, 5) is 32.4. The number of likely N-dealkylation sites (tertiary alicyclic amines) is 1. The Labute approximate surface area is 236 Å². The van der Waals surface area contributed by atoms with Crippen LogP contribution in [0.4, 0.5) is 5.69 Å². The number of rotatable bonds is 8. The first-order chi connectivity index (χ1) is 19.0. The van der Waals surface area contributed by atoms with Crippen LogP contribution in [0.5, 0.6) is 0 Å². The largest absolute Gasteiger partial charge is 0.352 e. The van der Waals surface area contributed by atoms with Gasteiger partial charge in [0.1, 0.15) is 0 Å². The zero-order valence-electron chi connectivity index (χ0n) is 22.9. The molecule has 2 aliphatic heterocycles. The minimum absolute atomic E-state index is 0.00753. The fraction of sp³-hybridized carbons (Fsp3) is 0.333. The molecule has 202 valence electrons. The Hall–Kier alpha value is -3.35. The fourth-order valence-corrected chi connectivity index (χ4v) is 6.41. The molecule has 2 heterocycles. The van der Waals surface area contributed by atoms with Crippen molar-refractivity contribution >= 4 is 35.3 Å². The number of benzene rings is 3. The van der Waals surface area contributed by atoms with Gasteiger partial charge in [0.15, 0.2) is 0 Å². The highest BCUT2D eigenvalue weighted by molar-refractivity contribution is 8.04. The fourth-order valence-electron chi connectivity index (χ4n) is 5.36. The van der Waals surface area contributed by atoms with Crippen molar-refractivity contribution in [2.24, 2.45) is 5.92 Å². The number of para-hydroxylation sites is 1. The number of thioether (sulfide) groups is 1. The van der Waals surface area contributed by atoms with Crippen molar-refractivity contribution in [2.75, 3.05) is 31.1 Å². The predicted octanol–water partition coefficient (Wildman–Crippen LogP) is 6.53. The van der Waals surface area contributed by atoms with Crippen molar-refractivity contribution in [3.05, 3.63) is 100.0 Å². The van der Waals surface area contributed by atoms with Crippen LogP contribution in [0.3, 0.4) is 0 Å². The third kappa shape index (κ3) is 6.81. The number of fused-ring (bicyclic) bond motifs is 1. The maximum absolute atomic E-state index is 13.6. The molecule has 5 nitrogen and oxygen atoms in total. The molecule has 3 aromatic carbocycles. The second kappa shape index (κ2) is 12.7. The van der Waals surface area contributed by atoms with Crippen LogP contribution >= 0.6 is 11.8 Å². The van der Waals surface area contributed by atoms with Gasteiger partial charge in [0.25, 0.3) is 11.8 Å². The lowest BCUT2D eigenvalue weighted by molar-refractivity contribution is -0.114. The summed E-state index contributed by atoms with van der Waals surface area (Å²) < 4.78 is 0. The van der Waals surface area contributed by atoms with E-state index < -0.39 is 0 Å². The van der Waals surface area contributed by atoms with Crippen LogP contribution in [-0.2, 0) is 11.3 Å². The van der Waals surface area contributed by atoms with Gasteiger partial charge in [-0.2, -0.15) is 0 Å². The first kappa shape index (κ1) is 27.2. The average molecular weight is 540 g/mol. The van der Waals surface area contributed by atoms with Gasteiger partial charge >= 0.3 is 0 Å². The molecule has 1 N–H and O–H groups in total. The van der Waals surface area contributed by atoms with E-state index >= 15 is 0 Å². The molecule has 5 rings (SSSR count). The van der Waals surface area contributed by atoms with Gasteiger partial charge in [-0.25, -0.2) is 0 Å². The zero-order chi connectivity index (χ0) is 27.2. The number of nitrogens with one attached hydrogen (secondary N) is 1. The van der Waals surface area contributed by atoms with Crippen LogP contribution in [0.1, 0.15) is 53.2 Å². The van der Waals surface area contributed by atoms with Gasteiger partial charge < -0.3 is 15.1 Å². The number of carbonyl (C=O) groups is 2. The Balaban J connectivity index is 1.23. The Bertz CT molecular complexity index is 1350. The molecule has 3 aromatic rings. The zero-order valence-corrected chi connectivity index (χ0v) is 23.7. The van der Waals surface area contributed by atoms with Gasteiger partial charge in [0.2, 0.25) is 0 Å². The minimum atomic E-state index is -0.0531. The summed E-state index contributed by atoms with van der Waals surface area (Å²) in [7, 11) is 0. The van der Waals surface area contributed by atoms with Crippen LogP contribution in [0.2, 0.25) is 0 Å². The molecular weight excluding hydrogens is 502 g/mol. The lowest BCUT2D eigenvalue weighted by Crippen LogP contribution is -2.36. The molecule has 2 amide bonds. The SMILES string of the molecule is Cc1ccccc1CN1C(=O)/C(=C\c2ccc(C(=O)NCCCN3CCCC(C)C3)cc2)Sc2ccccc21. The van der Waals surface area contributed by atoms with Gasteiger partial charge in [-0.05, 0) is 92.2 Å². The molecule has 1 saturated heterocycles. The highest BCUT2D eigenvalue weighted by Crippen LogP contribution is 2.42. The molecule has 6 heteroatoms. The Kier molecular flexibility index (Phi) is 8.84. The van der Waals surface area contributed by atoms with E-state index in [1.807, 2.05) is 65.6 Å². The monoisotopic (exact) mass is 539 g/mol. The van der Waals surface area contributed by atoms with Crippen molar-refractivity contribution in [1.82, 2.24) is 10.2 Å². The van der Waals surface area contributed by atoms with E-state index in [1.54, 1.807) is 0 Å².